The Hall–Kier alpha value is -1.88. The van der Waals surface area contributed by atoms with Crippen molar-refractivity contribution in [1.82, 2.24) is 9.88 Å². The number of carbonyl (C=O) groups is 1. The van der Waals surface area contributed by atoms with Crippen molar-refractivity contribution >= 4 is 22.4 Å². The van der Waals surface area contributed by atoms with E-state index in [2.05, 4.69) is 11.1 Å². The average molecular weight is 275 g/mol. The lowest BCUT2D eigenvalue weighted by Gasteiger charge is -2.16. The molecule has 0 bridgehead atoms. The molecule has 4 nitrogen and oxygen atoms in total. The molecule has 0 aliphatic heterocycles. The summed E-state index contributed by atoms with van der Waals surface area (Å²) < 4.78 is 0. The largest absolute Gasteiger partial charge is 0.375 e. The Kier molecular flexibility index (Phi) is 3.85. The van der Waals surface area contributed by atoms with Crippen LogP contribution in [0.1, 0.15) is 26.5 Å². The Bertz CT molecular complexity index is 606. The van der Waals surface area contributed by atoms with Gasteiger partial charge in [-0.3, -0.25) is 4.79 Å². The number of hydrogen-bond acceptors (Lipinski definition) is 4. The lowest BCUT2D eigenvalue weighted by atomic mass is 10.1. The van der Waals surface area contributed by atoms with E-state index in [1.54, 1.807) is 18.9 Å². The zero-order valence-electron chi connectivity index (χ0n) is 11.3. The Morgan fingerprint density at radius 1 is 1.42 bits per heavy atom. The van der Waals surface area contributed by atoms with Crippen LogP contribution in [0.5, 0.6) is 0 Å². The van der Waals surface area contributed by atoms with Crippen LogP contribution in [0.2, 0.25) is 0 Å². The normalized spacial score (nSPS) is 10.5. The average Bonchev–Trinajstić information content (AvgIpc) is 2.67. The first-order valence-corrected chi connectivity index (χ1v) is 6.83. The molecule has 2 rings (SSSR count). The predicted molar refractivity (Wildman–Crippen MR) is 78.2 cm³/mol. The van der Waals surface area contributed by atoms with Crippen molar-refractivity contribution in [3.63, 3.8) is 0 Å². The quantitative estimate of drug-likeness (QED) is 0.936. The van der Waals surface area contributed by atoms with Gasteiger partial charge in [0.15, 0.2) is 5.13 Å². The van der Waals surface area contributed by atoms with Crippen molar-refractivity contribution in [2.75, 3.05) is 12.8 Å². The van der Waals surface area contributed by atoms with Crippen LogP contribution in [0, 0.1) is 13.8 Å². The molecule has 100 valence electrons. The van der Waals surface area contributed by atoms with Gasteiger partial charge in [0.25, 0.3) is 5.91 Å². The van der Waals surface area contributed by atoms with Crippen molar-refractivity contribution in [2.45, 2.75) is 20.4 Å². The molecule has 0 fully saturated rings. The van der Waals surface area contributed by atoms with E-state index in [0.29, 0.717) is 22.2 Å². The number of anilines is 1. The molecule has 1 heterocycles. The maximum absolute atomic E-state index is 12.3. The number of aromatic nitrogens is 1. The fourth-order valence-electron chi connectivity index (χ4n) is 1.95. The number of rotatable bonds is 3. The second-order valence-corrected chi connectivity index (χ2v) is 5.65. The molecule has 0 saturated carbocycles. The van der Waals surface area contributed by atoms with E-state index in [0.717, 1.165) is 5.56 Å². The van der Waals surface area contributed by atoms with E-state index >= 15 is 0 Å². The molecule has 2 aromatic rings. The zero-order valence-corrected chi connectivity index (χ0v) is 12.1. The Morgan fingerprint density at radius 3 is 2.74 bits per heavy atom. The van der Waals surface area contributed by atoms with Crippen LogP contribution >= 0.6 is 11.3 Å². The van der Waals surface area contributed by atoms with Crippen LogP contribution in [-0.4, -0.2) is 22.8 Å². The van der Waals surface area contributed by atoms with Crippen LogP contribution < -0.4 is 5.73 Å². The van der Waals surface area contributed by atoms with Gasteiger partial charge in [0, 0.05) is 13.6 Å². The SMILES string of the molecule is Cc1cccc(CN(C)C(=O)c2sc(N)nc2C)c1. The number of carbonyl (C=O) groups excluding carboxylic acids is 1. The number of nitrogens with zero attached hydrogens (tertiary/aromatic N) is 2. The molecule has 19 heavy (non-hydrogen) atoms. The first kappa shape index (κ1) is 13.5. The Morgan fingerprint density at radius 2 is 2.16 bits per heavy atom. The van der Waals surface area contributed by atoms with Gasteiger partial charge >= 0.3 is 0 Å². The number of amides is 1. The van der Waals surface area contributed by atoms with Gasteiger partial charge in [0.05, 0.1) is 5.69 Å². The molecule has 5 heteroatoms. The first-order valence-electron chi connectivity index (χ1n) is 6.01. The maximum atomic E-state index is 12.3. The molecule has 0 atom stereocenters. The van der Waals surface area contributed by atoms with Crippen molar-refractivity contribution < 1.29 is 4.79 Å². The number of nitrogen functional groups attached to an aromatic ring is 1. The summed E-state index contributed by atoms with van der Waals surface area (Å²) >= 11 is 1.24. The second kappa shape index (κ2) is 5.40. The topological polar surface area (TPSA) is 59.2 Å². The molecule has 0 aliphatic carbocycles. The summed E-state index contributed by atoms with van der Waals surface area (Å²) in [5.74, 6) is -0.0341. The molecular weight excluding hydrogens is 258 g/mol. The van der Waals surface area contributed by atoms with E-state index in [-0.39, 0.29) is 5.91 Å². The van der Waals surface area contributed by atoms with Crippen LogP contribution in [0.25, 0.3) is 0 Å². The van der Waals surface area contributed by atoms with Crippen molar-refractivity contribution in [3.8, 4) is 0 Å². The second-order valence-electron chi connectivity index (χ2n) is 4.62. The minimum absolute atomic E-state index is 0.0341. The molecule has 1 amide bonds. The first-order chi connectivity index (χ1) is 8.97. The molecule has 2 N–H and O–H groups in total. The third-order valence-corrected chi connectivity index (χ3v) is 3.83. The molecule has 0 radical (unpaired) electrons. The highest BCUT2D eigenvalue weighted by Gasteiger charge is 2.18. The molecule has 0 spiro atoms. The summed E-state index contributed by atoms with van der Waals surface area (Å²) in [7, 11) is 1.79. The number of thiazole rings is 1. The van der Waals surface area contributed by atoms with E-state index in [9.17, 15) is 4.79 Å². The highest BCUT2D eigenvalue weighted by Crippen LogP contribution is 2.21. The van der Waals surface area contributed by atoms with Gasteiger partial charge in [-0.25, -0.2) is 4.98 Å². The molecule has 0 aliphatic rings. The molecular formula is C14H17N3OS. The minimum Gasteiger partial charge on any atom is -0.375 e. The van der Waals surface area contributed by atoms with Gasteiger partial charge in [-0.15, -0.1) is 0 Å². The molecule has 1 aromatic carbocycles. The number of aryl methyl sites for hydroxylation is 2. The van der Waals surface area contributed by atoms with Crippen LogP contribution in [0.4, 0.5) is 5.13 Å². The van der Waals surface area contributed by atoms with Crippen molar-refractivity contribution in [2.24, 2.45) is 0 Å². The lowest BCUT2D eigenvalue weighted by Crippen LogP contribution is -2.26. The highest BCUT2D eigenvalue weighted by molar-refractivity contribution is 7.17. The predicted octanol–water partition coefficient (Wildman–Crippen LogP) is 2.61. The summed E-state index contributed by atoms with van der Waals surface area (Å²) in [6, 6.07) is 8.14. The van der Waals surface area contributed by atoms with Crippen LogP contribution in [-0.2, 0) is 6.54 Å². The Labute approximate surface area is 116 Å². The van der Waals surface area contributed by atoms with E-state index in [1.807, 2.05) is 25.1 Å². The van der Waals surface area contributed by atoms with E-state index in [4.69, 9.17) is 5.73 Å². The van der Waals surface area contributed by atoms with Gasteiger partial charge in [-0.05, 0) is 19.4 Å². The Balaban J connectivity index is 2.14. The third-order valence-electron chi connectivity index (χ3n) is 2.86. The fraction of sp³-hybridized carbons (Fsp3) is 0.286. The highest BCUT2D eigenvalue weighted by atomic mass is 32.1. The third kappa shape index (κ3) is 3.12. The fourth-order valence-corrected chi connectivity index (χ4v) is 2.77. The number of hydrogen-bond donors (Lipinski definition) is 1. The van der Waals surface area contributed by atoms with E-state index < -0.39 is 0 Å². The maximum Gasteiger partial charge on any atom is 0.265 e. The van der Waals surface area contributed by atoms with Crippen LogP contribution in [0.15, 0.2) is 24.3 Å². The van der Waals surface area contributed by atoms with Gasteiger partial charge in [-0.1, -0.05) is 41.2 Å². The summed E-state index contributed by atoms with van der Waals surface area (Å²) in [4.78, 5) is 18.7. The van der Waals surface area contributed by atoms with Crippen molar-refractivity contribution in [1.29, 1.82) is 0 Å². The van der Waals surface area contributed by atoms with Gasteiger partial charge < -0.3 is 10.6 Å². The van der Waals surface area contributed by atoms with Gasteiger partial charge in [0.2, 0.25) is 0 Å². The number of benzene rings is 1. The minimum atomic E-state index is -0.0341. The number of nitrogens with two attached hydrogens (primary N) is 1. The smallest absolute Gasteiger partial charge is 0.265 e. The summed E-state index contributed by atoms with van der Waals surface area (Å²) in [5, 5.41) is 0.435. The summed E-state index contributed by atoms with van der Waals surface area (Å²) in [5.41, 5.74) is 8.63. The summed E-state index contributed by atoms with van der Waals surface area (Å²) in [6.07, 6.45) is 0. The molecule has 1 aromatic heterocycles. The zero-order chi connectivity index (χ0) is 14.0. The van der Waals surface area contributed by atoms with Gasteiger partial charge in [-0.2, -0.15) is 0 Å². The van der Waals surface area contributed by atoms with Crippen LogP contribution in [0.3, 0.4) is 0 Å². The molecule has 0 unspecified atom stereocenters. The lowest BCUT2D eigenvalue weighted by molar-refractivity contribution is 0.0789. The molecule has 0 saturated heterocycles. The van der Waals surface area contributed by atoms with E-state index in [1.165, 1.54) is 16.9 Å². The monoisotopic (exact) mass is 275 g/mol. The summed E-state index contributed by atoms with van der Waals surface area (Å²) in [6.45, 7) is 4.43. The standard InChI is InChI=1S/C14H17N3OS/c1-9-5-4-6-11(7-9)8-17(3)13(18)12-10(2)16-14(15)19-12/h4-7H,8H2,1-3H3,(H2,15,16). The van der Waals surface area contributed by atoms with Crippen molar-refractivity contribution in [3.05, 3.63) is 46.0 Å². The van der Waals surface area contributed by atoms with Gasteiger partial charge in [0.1, 0.15) is 4.88 Å².